The molecule has 7 heteroatoms. The minimum atomic E-state index is 0.0761. The van der Waals surface area contributed by atoms with Gasteiger partial charge in [-0.25, -0.2) is 0 Å². The second kappa shape index (κ2) is 11.5. The third-order valence-corrected chi connectivity index (χ3v) is 5.98. The van der Waals surface area contributed by atoms with Crippen LogP contribution >= 0.6 is 0 Å². The molecule has 1 saturated carbocycles. The molecular weight excluding hydrogens is 342 g/mol. The molecule has 1 heterocycles. The molecule has 156 valence electrons. The highest BCUT2D eigenvalue weighted by Crippen LogP contribution is 2.41. The molecule has 0 aromatic rings. The van der Waals surface area contributed by atoms with Crippen LogP contribution in [0.15, 0.2) is 4.99 Å². The number of nitrogens with one attached hydrogen (secondary N) is 2. The molecule has 0 unspecified atom stereocenters. The van der Waals surface area contributed by atoms with Crippen LogP contribution in [0.1, 0.15) is 46.0 Å². The Labute approximate surface area is 164 Å². The number of guanidine groups is 1. The minimum Gasteiger partial charge on any atom is -0.383 e. The van der Waals surface area contributed by atoms with Gasteiger partial charge >= 0.3 is 0 Å². The Morgan fingerprint density at radius 3 is 2.41 bits per heavy atom. The van der Waals surface area contributed by atoms with Gasteiger partial charge in [-0.15, -0.1) is 0 Å². The number of aliphatic imine (C=N–C) groups is 1. The predicted octanol–water partition coefficient (Wildman–Crippen LogP) is 1.30. The van der Waals surface area contributed by atoms with Crippen LogP contribution < -0.4 is 10.6 Å². The van der Waals surface area contributed by atoms with Crippen molar-refractivity contribution >= 4 is 11.9 Å². The summed E-state index contributed by atoms with van der Waals surface area (Å²) in [7, 11) is 1.64. The second-order valence-corrected chi connectivity index (χ2v) is 7.84. The number of ether oxygens (including phenoxy) is 1. The zero-order valence-corrected chi connectivity index (χ0v) is 17.6. The lowest BCUT2D eigenvalue weighted by molar-refractivity contribution is -0.122. The van der Waals surface area contributed by atoms with Gasteiger partial charge in [-0.2, -0.15) is 0 Å². The highest BCUT2D eigenvalue weighted by Gasteiger charge is 2.32. The molecule has 0 aromatic carbocycles. The molecule has 1 amide bonds. The Kier molecular flexibility index (Phi) is 9.34. The van der Waals surface area contributed by atoms with E-state index in [9.17, 15) is 4.79 Å². The van der Waals surface area contributed by atoms with Gasteiger partial charge in [-0.05, 0) is 31.6 Å². The van der Waals surface area contributed by atoms with Crippen molar-refractivity contribution in [2.75, 3.05) is 66.1 Å². The average molecular weight is 382 g/mol. The van der Waals surface area contributed by atoms with E-state index in [0.717, 1.165) is 45.2 Å². The summed E-state index contributed by atoms with van der Waals surface area (Å²) >= 11 is 0. The highest BCUT2D eigenvalue weighted by atomic mass is 16.5. The van der Waals surface area contributed by atoms with E-state index in [1.807, 2.05) is 0 Å². The van der Waals surface area contributed by atoms with Gasteiger partial charge in [0.2, 0.25) is 5.91 Å². The summed E-state index contributed by atoms with van der Waals surface area (Å²) in [6.07, 6.45) is 6.56. The van der Waals surface area contributed by atoms with Crippen molar-refractivity contribution in [1.29, 1.82) is 0 Å². The Bertz CT molecular complexity index is 469. The number of hydrogen-bond donors (Lipinski definition) is 2. The Morgan fingerprint density at radius 1 is 1.11 bits per heavy atom. The lowest BCUT2D eigenvalue weighted by Crippen LogP contribution is -2.54. The van der Waals surface area contributed by atoms with E-state index in [4.69, 9.17) is 9.73 Å². The lowest BCUT2D eigenvalue weighted by atomic mass is 9.83. The molecule has 0 aromatic heterocycles. The number of nitrogens with zero attached hydrogens (tertiary/aromatic N) is 3. The van der Waals surface area contributed by atoms with Crippen LogP contribution in [-0.2, 0) is 9.53 Å². The highest BCUT2D eigenvalue weighted by molar-refractivity contribution is 5.80. The first-order valence-electron chi connectivity index (χ1n) is 10.6. The fourth-order valence-electron chi connectivity index (χ4n) is 4.09. The quantitative estimate of drug-likeness (QED) is 0.358. The topological polar surface area (TPSA) is 69.2 Å². The zero-order chi connectivity index (χ0) is 19.5. The second-order valence-electron chi connectivity index (χ2n) is 7.84. The van der Waals surface area contributed by atoms with Crippen LogP contribution in [-0.4, -0.2) is 87.7 Å². The van der Waals surface area contributed by atoms with Crippen LogP contribution in [0.25, 0.3) is 0 Å². The Morgan fingerprint density at radius 2 is 1.81 bits per heavy atom. The normalized spacial score (nSPS) is 20.7. The van der Waals surface area contributed by atoms with Crippen molar-refractivity contribution in [3.05, 3.63) is 0 Å². The fourth-order valence-corrected chi connectivity index (χ4v) is 4.09. The molecule has 2 aliphatic rings. The molecule has 0 spiro atoms. The van der Waals surface area contributed by atoms with Crippen LogP contribution in [0, 0.1) is 5.41 Å². The van der Waals surface area contributed by atoms with E-state index >= 15 is 0 Å². The van der Waals surface area contributed by atoms with Crippen LogP contribution in [0.3, 0.4) is 0 Å². The lowest BCUT2D eigenvalue weighted by Gasteiger charge is -2.36. The largest absolute Gasteiger partial charge is 0.383 e. The number of amides is 1. The monoisotopic (exact) mass is 381 g/mol. The smallest absolute Gasteiger partial charge is 0.234 e. The summed E-state index contributed by atoms with van der Waals surface area (Å²) in [6.45, 7) is 11.5. The van der Waals surface area contributed by atoms with Gasteiger partial charge < -0.3 is 20.3 Å². The SMILES string of the molecule is CCNC(=NCC1(CC)CCCC1)N1CCN(CC(=O)NCCOC)CC1. The van der Waals surface area contributed by atoms with Gasteiger partial charge in [0.05, 0.1) is 13.2 Å². The minimum absolute atomic E-state index is 0.0761. The zero-order valence-electron chi connectivity index (χ0n) is 17.6. The molecule has 1 aliphatic carbocycles. The van der Waals surface area contributed by atoms with Crippen molar-refractivity contribution in [1.82, 2.24) is 20.4 Å². The van der Waals surface area contributed by atoms with Crippen molar-refractivity contribution < 1.29 is 9.53 Å². The molecule has 0 radical (unpaired) electrons. The Balaban J connectivity index is 1.82. The average Bonchev–Trinajstić information content (AvgIpc) is 3.15. The number of carbonyl (C=O) groups excluding carboxylic acids is 1. The van der Waals surface area contributed by atoms with Gasteiger partial charge in [0.15, 0.2) is 5.96 Å². The van der Waals surface area contributed by atoms with Crippen molar-refractivity contribution in [2.24, 2.45) is 10.4 Å². The maximum atomic E-state index is 12.0. The van der Waals surface area contributed by atoms with Crippen LogP contribution in [0.5, 0.6) is 0 Å². The predicted molar refractivity (Wildman–Crippen MR) is 110 cm³/mol. The van der Waals surface area contributed by atoms with Crippen LogP contribution in [0.2, 0.25) is 0 Å². The molecular formula is C20H39N5O2. The van der Waals surface area contributed by atoms with Gasteiger partial charge in [0, 0.05) is 52.9 Å². The molecule has 7 nitrogen and oxygen atoms in total. The number of hydrogen-bond acceptors (Lipinski definition) is 4. The third kappa shape index (κ3) is 6.96. The van der Waals surface area contributed by atoms with Crippen molar-refractivity contribution in [3.63, 3.8) is 0 Å². The maximum Gasteiger partial charge on any atom is 0.234 e. The molecule has 1 saturated heterocycles. The molecule has 1 aliphatic heterocycles. The maximum absolute atomic E-state index is 12.0. The molecule has 0 bridgehead atoms. The molecule has 2 rings (SSSR count). The summed E-state index contributed by atoms with van der Waals surface area (Å²) in [6, 6.07) is 0. The summed E-state index contributed by atoms with van der Waals surface area (Å²) in [5, 5.41) is 6.36. The summed E-state index contributed by atoms with van der Waals surface area (Å²) in [5.74, 6) is 1.12. The van der Waals surface area contributed by atoms with E-state index in [0.29, 0.717) is 25.1 Å². The van der Waals surface area contributed by atoms with Gasteiger partial charge in [-0.3, -0.25) is 14.7 Å². The molecule has 0 atom stereocenters. The number of piperazine rings is 1. The molecule has 2 N–H and O–H groups in total. The fraction of sp³-hybridized carbons (Fsp3) is 0.900. The van der Waals surface area contributed by atoms with Crippen LogP contribution in [0.4, 0.5) is 0 Å². The Hall–Kier alpha value is -1.34. The first-order valence-corrected chi connectivity index (χ1v) is 10.6. The number of rotatable bonds is 9. The van der Waals surface area contributed by atoms with E-state index in [1.54, 1.807) is 7.11 Å². The first kappa shape index (κ1) is 22.0. The summed E-state index contributed by atoms with van der Waals surface area (Å²) < 4.78 is 4.97. The third-order valence-electron chi connectivity index (χ3n) is 5.98. The first-order chi connectivity index (χ1) is 13.1. The van der Waals surface area contributed by atoms with E-state index in [1.165, 1.54) is 32.1 Å². The van der Waals surface area contributed by atoms with E-state index < -0.39 is 0 Å². The van der Waals surface area contributed by atoms with Gasteiger partial charge in [-0.1, -0.05) is 19.8 Å². The summed E-state index contributed by atoms with van der Waals surface area (Å²) in [5.41, 5.74) is 0.419. The van der Waals surface area contributed by atoms with Gasteiger partial charge in [0.25, 0.3) is 0 Å². The van der Waals surface area contributed by atoms with E-state index in [-0.39, 0.29) is 5.91 Å². The molecule has 27 heavy (non-hydrogen) atoms. The summed E-state index contributed by atoms with van der Waals surface area (Å²) in [4.78, 5) is 21.5. The van der Waals surface area contributed by atoms with E-state index in [2.05, 4.69) is 34.3 Å². The number of methoxy groups -OCH3 is 1. The van der Waals surface area contributed by atoms with Crippen molar-refractivity contribution in [2.45, 2.75) is 46.0 Å². The standard InChI is InChI=1S/C20H39N5O2/c1-4-20(8-6-7-9-20)17-23-19(21-5-2)25-13-11-24(12-14-25)16-18(26)22-10-15-27-3/h4-17H2,1-3H3,(H,21,23)(H,22,26). The molecule has 2 fully saturated rings. The van der Waals surface area contributed by atoms with Gasteiger partial charge in [0.1, 0.15) is 0 Å². The number of carbonyl (C=O) groups is 1. The van der Waals surface area contributed by atoms with Crippen molar-refractivity contribution in [3.8, 4) is 0 Å².